The minimum atomic E-state index is -0.351. The van der Waals surface area contributed by atoms with E-state index in [1.54, 1.807) is 0 Å². The Morgan fingerprint density at radius 2 is 2.04 bits per heavy atom. The van der Waals surface area contributed by atoms with Gasteiger partial charge in [-0.25, -0.2) is 4.79 Å². The zero-order valence-electron chi connectivity index (χ0n) is 13.8. The number of benzene rings is 1. The van der Waals surface area contributed by atoms with Crippen molar-refractivity contribution in [3.8, 4) is 0 Å². The van der Waals surface area contributed by atoms with E-state index in [4.69, 9.17) is 4.42 Å². The van der Waals surface area contributed by atoms with Crippen LogP contribution >= 0.6 is 0 Å². The number of amides is 1. The minimum Gasteiger partial charge on any atom is -0.423 e. The summed E-state index contributed by atoms with van der Waals surface area (Å²) in [6, 6.07) is 5.18. The average Bonchev–Trinajstić information content (AvgIpc) is 2.48. The maximum atomic E-state index is 12.5. The molecular weight excluding hydrogens is 292 g/mol. The number of rotatable bonds is 2. The van der Waals surface area contributed by atoms with Crippen LogP contribution in [0.1, 0.15) is 24.0 Å². The van der Waals surface area contributed by atoms with Gasteiger partial charge in [0.2, 0.25) is 5.91 Å². The molecule has 1 aliphatic rings. The summed E-state index contributed by atoms with van der Waals surface area (Å²) < 4.78 is 5.24. The molecule has 23 heavy (non-hydrogen) atoms. The largest absolute Gasteiger partial charge is 0.423 e. The summed E-state index contributed by atoms with van der Waals surface area (Å²) >= 11 is 0. The van der Waals surface area contributed by atoms with E-state index in [2.05, 4.69) is 10.2 Å². The number of hydrogen-bond acceptors (Lipinski definition) is 4. The molecule has 1 unspecified atom stereocenters. The summed E-state index contributed by atoms with van der Waals surface area (Å²) in [5.74, 6) is 0.0905. The van der Waals surface area contributed by atoms with Gasteiger partial charge in [-0.05, 0) is 63.5 Å². The van der Waals surface area contributed by atoms with E-state index >= 15 is 0 Å². The Labute approximate surface area is 135 Å². The van der Waals surface area contributed by atoms with Gasteiger partial charge in [0.1, 0.15) is 5.58 Å². The highest BCUT2D eigenvalue weighted by Crippen LogP contribution is 2.26. The van der Waals surface area contributed by atoms with Gasteiger partial charge in [-0.15, -0.1) is 0 Å². The third-order valence-corrected chi connectivity index (χ3v) is 4.55. The van der Waals surface area contributed by atoms with E-state index in [1.165, 1.54) is 6.07 Å². The Morgan fingerprint density at radius 3 is 2.78 bits per heavy atom. The molecule has 1 N–H and O–H groups in total. The molecule has 5 heteroatoms. The maximum Gasteiger partial charge on any atom is 0.336 e. The topological polar surface area (TPSA) is 62.6 Å². The van der Waals surface area contributed by atoms with Crippen molar-refractivity contribution < 1.29 is 9.21 Å². The number of anilines is 1. The number of likely N-dealkylation sites (tertiary alicyclic amines) is 1. The predicted molar refractivity (Wildman–Crippen MR) is 90.8 cm³/mol. The number of carbonyl (C=O) groups excluding carboxylic acids is 1. The second kappa shape index (κ2) is 6.16. The number of nitrogens with zero attached hydrogens (tertiary/aromatic N) is 1. The van der Waals surface area contributed by atoms with Crippen LogP contribution in [0.3, 0.4) is 0 Å². The summed E-state index contributed by atoms with van der Waals surface area (Å²) in [6.07, 6.45) is 1.98. The molecule has 2 heterocycles. The van der Waals surface area contributed by atoms with Crippen LogP contribution in [0.5, 0.6) is 0 Å². The van der Waals surface area contributed by atoms with E-state index < -0.39 is 0 Å². The number of piperidine rings is 1. The van der Waals surface area contributed by atoms with Crippen LogP contribution in [-0.4, -0.2) is 30.9 Å². The first-order valence-electron chi connectivity index (χ1n) is 7.98. The monoisotopic (exact) mass is 314 g/mol. The zero-order valence-corrected chi connectivity index (χ0v) is 13.8. The molecule has 2 aromatic rings. The van der Waals surface area contributed by atoms with Crippen molar-refractivity contribution in [2.45, 2.75) is 26.7 Å². The predicted octanol–water partition coefficient (Wildman–Crippen LogP) is 2.69. The molecule has 0 radical (unpaired) electrons. The molecule has 122 valence electrons. The van der Waals surface area contributed by atoms with Crippen LogP contribution in [0.4, 0.5) is 5.69 Å². The number of fused-ring (bicyclic) bond motifs is 1. The highest BCUT2D eigenvalue weighted by atomic mass is 16.4. The van der Waals surface area contributed by atoms with E-state index in [-0.39, 0.29) is 17.5 Å². The molecule has 0 saturated carbocycles. The fourth-order valence-electron chi connectivity index (χ4n) is 3.22. The Bertz CT molecular complexity index is 810. The number of carbonyl (C=O) groups is 1. The number of nitrogens with one attached hydrogen (secondary N) is 1. The molecule has 1 aliphatic heterocycles. The zero-order chi connectivity index (χ0) is 16.6. The Kier molecular flexibility index (Phi) is 4.22. The molecular formula is C18H22N2O3. The van der Waals surface area contributed by atoms with Crippen LogP contribution in [0.15, 0.2) is 27.4 Å². The molecule has 1 aromatic heterocycles. The van der Waals surface area contributed by atoms with Crippen LogP contribution in [0, 0.1) is 19.8 Å². The molecule has 1 amide bonds. The number of hydrogen-bond donors (Lipinski definition) is 1. The molecule has 1 saturated heterocycles. The second-order valence-corrected chi connectivity index (χ2v) is 6.50. The van der Waals surface area contributed by atoms with Gasteiger partial charge < -0.3 is 14.6 Å². The molecule has 1 atom stereocenters. The Morgan fingerprint density at radius 1 is 1.26 bits per heavy atom. The van der Waals surface area contributed by atoms with E-state index in [0.717, 1.165) is 48.1 Å². The molecule has 0 spiro atoms. The van der Waals surface area contributed by atoms with Crippen LogP contribution < -0.4 is 10.9 Å². The van der Waals surface area contributed by atoms with Gasteiger partial charge in [0.15, 0.2) is 0 Å². The van der Waals surface area contributed by atoms with Crippen LogP contribution in [-0.2, 0) is 4.79 Å². The summed E-state index contributed by atoms with van der Waals surface area (Å²) in [4.78, 5) is 26.2. The molecule has 3 rings (SSSR count). The van der Waals surface area contributed by atoms with Crippen molar-refractivity contribution in [3.05, 3.63) is 39.7 Å². The van der Waals surface area contributed by atoms with Gasteiger partial charge in [-0.1, -0.05) is 0 Å². The smallest absolute Gasteiger partial charge is 0.336 e. The van der Waals surface area contributed by atoms with Gasteiger partial charge in [-0.3, -0.25) is 4.79 Å². The van der Waals surface area contributed by atoms with Crippen molar-refractivity contribution in [2.75, 3.05) is 25.5 Å². The first-order valence-corrected chi connectivity index (χ1v) is 7.98. The molecule has 1 fully saturated rings. The first kappa shape index (κ1) is 15.7. The van der Waals surface area contributed by atoms with E-state index in [0.29, 0.717) is 5.58 Å². The van der Waals surface area contributed by atoms with Gasteiger partial charge >= 0.3 is 5.63 Å². The van der Waals surface area contributed by atoms with Gasteiger partial charge in [0, 0.05) is 23.7 Å². The Hall–Kier alpha value is -2.14. The van der Waals surface area contributed by atoms with Gasteiger partial charge in [0.05, 0.1) is 5.92 Å². The fraction of sp³-hybridized carbons (Fsp3) is 0.444. The van der Waals surface area contributed by atoms with Gasteiger partial charge in [-0.2, -0.15) is 0 Å². The quantitative estimate of drug-likeness (QED) is 0.866. The van der Waals surface area contributed by atoms with Crippen molar-refractivity contribution in [1.29, 1.82) is 0 Å². The van der Waals surface area contributed by atoms with E-state index in [9.17, 15) is 9.59 Å². The van der Waals surface area contributed by atoms with Crippen molar-refractivity contribution >= 4 is 22.6 Å². The van der Waals surface area contributed by atoms with Crippen LogP contribution in [0.25, 0.3) is 11.0 Å². The lowest BCUT2D eigenvalue weighted by molar-refractivity contribution is -0.121. The maximum absolute atomic E-state index is 12.5. The molecule has 0 aliphatic carbocycles. The average molecular weight is 314 g/mol. The number of aryl methyl sites for hydroxylation is 2. The fourth-order valence-corrected chi connectivity index (χ4v) is 3.22. The minimum absolute atomic E-state index is 0.0265. The molecule has 0 bridgehead atoms. The second-order valence-electron chi connectivity index (χ2n) is 6.50. The lowest BCUT2D eigenvalue weighted by Crippen LogP contribution is -2.38. The lowest BCUT2D eigenvalue weighted by atomic mass is 9.97. The SMILES string of the molecule is Cc1cc2oc(=O)cc(C)c2cc1NC(=O)C1CCCN(C)C1. The third-order valence-electron chi connectivity index (χ3n) is 4.55. The molecule has 1 aromatic carbocycles. The highest BCUT2D eigenvalue weighted by Gasteiger charge is 2.24. The summed E-state index contributed by atoms with van der Waals surface area (Å²) in [5, 5.41) is 3.90. The molecule has 5 nitrogen and oxygen atoms in total. The first-order chi connectivity index (χ1) is 10.9. The van der Waals surface area contributed by atoms with E-state index in [1.807, 2.05) is 33.0 Å². The summed E-state index contributed by atoms with van der Waals surface area (Å²) in [7, 11) is 2.05. The van der Waals surface area contributed by atoms with Crippen molar-refractivity contribution in [2.24, 2.45) is 5.92 Å². The van der Waals surface area contributed by atoms with Crippen molar-refractivity contribution in [3.63, 3.8) is 0 Å². The standard InChI is InChI=1S/C18H22N2O3/c1-11-8-17(21)23-16-7-12(2)15(9-14(11)16)19-18(22)13-5-4-6-20(3)10-13/h7-9,13H,4-6,10H2,1-3H3,(H,19,22). The Balaban J connectivity index is 1.89. The summed E-state index contributed by atoms with van der Waals surface area (Å²) in [6.45, 7) is 5.63. The lowest BCUT2D eigenvalue weighted by Gasteiger charge is -2.28. The van der Waals surface area contributed by atoms with Crippen molar-refractivity contribution in [1.82, 2.24) is 4.90 Å². The highest BCUT2D eigenvalue weighted by molar-refractivity contribution is 5.96. The third kappa shape index (κ3) is 3.29. The van der Waals surface area contributed by atoms with Crippen LogP contribution in [0.2, 0.25) is 0 Å². The van der Waals surface area contributed by atoms with Gasteiger partial charge in [0.25, 0.3) is 0 Å². The normalized spacial score (nSPS) is 19.0. The summed E-state index contributed by atoms with van der Waals surface area (Å²) in [5.41, 5.74) is 2.74.